The Bertz CT molecular complexity index is 925. The van der Waals surface area contributed by atoms with Crippen molar-refractivity contribution >= 4 is 0 Å². The molecule has 10 rings (SSSR count). The highest BCUT2D eigenvalue weighted by Crippen LogP contribution is 2.58. The number of aromatic nitrogens is 1. The second-order valence-corrected chi connectivity index (χ2v) is 12.2. The molecule has 0 radical (unpaired) electrons. The molecule has 154 valence electrons. The molecule has 4 fully saturated rings. The van der Waals surface area contributed by atoms with Gasteiger partial charge in [0, 0.05) is 11.8 Å². The molecule has 0 spiro atoms. The van der Waals surface area contributed by atoms with Crippen LogP contribution in [0.2, 0.25) is 0 Å². The van der Waals surface area contributed by atoms with Gasteiger partial charge in [0.25, 0.3) is 0 Å². The quantitative estimate of drug-likeness (QED) is 0.486. The molecule has 1 heteroatoms. The normalized spacial score (nSPS) is 42.0. The minimum Gasteiger partial charge on any atom is -0.256 e. The Hall–Kier alpha value is -1.63. The van der Waals surface area contributed by atoms with Gasteiger partial charge in [-0.05, 0) is 146 Å². The number of benzene rings is 1. The molecule has 0 aliphatic heterocycles. The molecule has 0 amide bonds. The first-order chi connectivity index (χ1) is 14.8. The van der Waals surface area contributed by atoms with E-state index in [0.29, 0.717) is 0 Å². The maximum absolute atomic E-state index is 5.09. The van der Waals surface area contributed by atoms with Crippen LogP contribution in [0.1, 0.15) is 110 Å². The van der Waals surface area contributed by atoms with Gasteiger partial charge in [-0.15, -0.1) is 0 Å². The Labute approximate surface area is 180 Å². The highest BCUT2D eigenvalue weighted by Gasteiger charge is 2.43. The average molecular weight is 396 g/mol. The van der Waals surface area contributed by atoms with Crippen molar-refractivity contribution < 1.29 is 0 Å². The van der Waals surface area contributed by atoms with Crippen molar-refractivity contribution in [3.8, 4) is 11.3 Å². The third-order valence-corrected chi connectivity index (χ3v) is 10.4. The lowest BCUT2D eigenvalue weighted by atomic mass is 9.67. The zero-order valence-electron chi connectivity index (χ0n) is 18.0. The zero-order chi connectivity index (χ0) is 19.4. The summed E-state index contributed by atoms with van der Waals surface area (Å²) in [5.41, 5.74) is 9.37. The molecular formula is C29H33N. The van der Waals surface area contributed by atoms with Crippen LogP contribution in [0.4, 0.5) is 0 Å². The molecule has 1 nitrogen and oxygen atoms in total. The number of nitrogens with zero attached hydrogens (tertiary/aromatic N) is 1. The monoisotopic (exact) mass is 395 g/mol. The zero-order valence-corrected chi connectivity index (χ0v) is 18.0. The van der Waals surface area contributed by atoms with Crippen LogP contribution in [-0.2, 0) is 0 Å². The van der Waals surface area contributed by atoms with E-state index in [1.807, 2.05) is 0 Å². The van der Waals surface area contributed by atoms with E-state index < -0.39 is 0 Å². The Balaban J connectivity index is 1.22. The summed E-state index contributed by atoms with van der Waals surface area (Å²) >= 11 is 0. The molecule has 1 heterocycles. The first-order valence-electron chi connectivity index (χ1n) is 12.9. The maximum Gasteiger partial charge on any atom is 0.0705 e. The molecule has 4 unspecified atom stereocenters. The van der Waals surface area contributed by atoms with E-state index in [4.69, 9.17) is 4.98 Å². The topological polar surface area (TPSA) is 12.9 Å². The van der Waals surface area contributed by atoms with Crippen LogP contribution in [0.3, 0.4) is 0 Å². The summed E-state index contributed by atoms with van der Waals surface area (Å²) in [4.78, 5) is 5.09. The van der Waals surface area contributed by atoms with E-state index in [2.05, 4.69) is 30.5 Å². The number of pyridine rings is 1. The van der Waals surface area contributed by atoms with Crippen LogP contribution in [0, 0.1) is 23.7 Å². The Morgan fingerprint density at radius 3 is 1.60 bits per heavy atom. The van der Waals surface area contributed by atoms with Crippen LogP contribution in [-0.4, -0.2) is 4.98 Å². The summed E-state index contributed by atoms with van der Waals surface area (Å²) < 4.78 is 0. The van der Waals surface area contributed by atoms with Crippen LogP contribution in [0.5, 0.6) is 0 Å². The van der Waals surface area contributed by atoms with Gasteiger partial charge in [0.1, 0.15) is 0 Å². The molecule has 4 atom stereocenters. The van der Waals surface area contributed by atoms with Crippen LogP contribution in [0.15, 0.2) is 30.5 Å². The van der Waals surface area contributed by atoms with Gasteiger partial charge in [0.05, 0.1) is 5.69 Å². The van der Waals surface area contributed by atoms with Crippen LogP contribution in [0.25, 0.3) is 11.3 Å². The predicted molar refractivity (Wildman–Crippen MR) is 121 cm³/mol. The van der Waals surface area contributed by atoms with Crippen LogP contribution >= 0.6 is 0 Å². The van der Waals surface area contributed by atoms with E-state index in [1.54, 1.807) is 22.3 Å². The molecule has 8 aliphatic rings. The summed E-state index contributed by atoms with van der Waals surface area (Å²) in [6.07, 6.45) is 16.9. The fourth-order valence-corrected chi connectivity index (χ4v) is 9.51. The second-order valence-electron chi connectivity index (χ2n) is 12.2. The van der Waals surface area contributed by atoms with Gasteiger partial charge in [-0.1, -0.05) is 12.1 Å². The summed E-state index contributed by atoms with van der Waals surface area (Å²) in [6.45, 7) is 0. The summed E-state index contributed by atoms with van der Waals surface area (Å²) in [7, 11) is 0. The first-order valence-corrected chi connectivity index (χ1v) is 12.9. The molecule has 1 aromatic heterocycles. The van der Waals surface area contributed by atoms with Crippen molar-refractivity contribution in [2.24, 2.45) is 23.7 Å². The van der Waals surface area contributed by atoms with Crippen LogP contribution < -0.4 is 0 Å². The van der Waals surface area contributed by atoms with Gasteiger partial charge in [0.15, 0.2) is 0 Å². The van der Waals surface area contributed by atoms with Crippen molar-refractivity contribution in [2.45, 2.75) is 87.9 Å². The molecule has 1 aromatic carbocycles. The van der Waals surface area contributed by atoms with Gasteiger partial charge in [0.2, 0.25) is 0 Å². The highest BCUT2D eigenvalue weighted by molar-refractivity contribution is 5.64. The van der Waals surface area contributed by atoms with Crippen molar-refractivity contribution in [3.05, 3.63) is 52.7 Å². The highest BCUT2D eigenvalue weighted by atomic mass is 14.7. The average Bonchev–Trinajstić information content (AvgIpc) is 3.03. The standard InChI is InChI=1S/C29H33N/c1-2-25-21-5-16-3-17(6-21)8-22(7-16)26(25)13-20(1)29-14-27-23-9-18-4-19(10-23)12-24(11-18)28(27)15-30-29/h1-2,13-19,21-24H,3-12H2. The maximum atomic E-state index is 5.09. The molecule has 8 bridgehead atoms. The third-order valence-electron chi connectivity index (χ3n) is 10.4. The number of hydrogen-bond donors (Lipinski definition) is 0. The molecule has 4 saturated carbocycles. The van der Waals surface area contributed by atoms with Gasteiger partial charge in [-0.2, -0.15) is 0 Å². The lowest BCUT2D eigenvalue weighted by Crippen LogP contribution is -2.25. The molecule has 2 aromatic rings. The fourth-order valence-electron chi connectivity index (χ4n) is 9.51. The van der Waals surface area contributed by atoms with Crippen molar-refractivity contribution in [3.63, 3.8) is 0 Å². The van der Waals surface area contributed by atoms with Gasteiger partial charge >= 0.3 is 0 Å². The lowest BCUT2D eigenvalue weighted by Gasteiger charge is -2.38. The molecule has 0 N–H and O–H groups in total. The summed E-state index contributed by atoms with van der Waals surface area (Å²) in [6, 6.07) is 10.0. The minimum atomic E-state index is 0.802. The van der Waals surface area contributed by atoms with Gasteiger partial charge < -0.3 is 0 Å². The number of rotatable bonds is 1. The lowest BCUT2D eigenvalue weighted by molar-refractivity contribution is 0.165. The van der Waals surface area contributed by atoms with E-state index in [-0.39, 0.29) is 0 Å². The van der Waals surface area contributed by atoms with E-state index in [9.17, 15) is 0 Å². The Morgan fingerprint density at radius 2 is 1.00 bits per heavy atom. The largest absolute Gasteiger partial charge is 0.256 e. The molecular weight excluding hydrogens is 362 g/mol. The van der Waals surface area contributed by atoms with Gasteiger partial charge in [-0.25, -0.2) is 0 Å². The predicted octanol–water partition coefficient (Wildman–Crippen LogP) is 7.53. The third kappa shape index (κ3) is 2.38. The van der Waals surface area contributed by atoms with Crippen molar-refractivity contribution in [2.75, 3.05) is 0 Å². The molecule has 0 saturated heterocycles. The van der Waals surface area contributed by atoms with Gasteiger partial charge in [-0.3, -0.25) is 4.98 Å². The van der Waals surface area contributed by atoms with Crippen molar-refractivity contribution in [1.29, 1.82) is 0 Å². The fraction of sp³-hybridized carbons (Fsp3) is 0.621. The van der Waals surface area contributed by atoms with E-state index in [0.717, 1.165) is 47.3 Å². The molecule has 30 heavy (non-hydrogen) atoms. The Kier molecular flexibility index (Phi) is 3.39. The van der Waals surface area contributed by atoms with E-state index in [1.165, 1.54) is 75.5 Å². The molecule has 8 aliphatic carbocycles. The summed E-state index contributed by atoms with van der Waals surface area (Å²) in [5, 5.41) is 0. The second kappa shape index (κ2) is 5.99. The summed E-state index contributed by atoms with van der Waals surface area (Å²) in [5.74, 6) is 7.25. The SMILES string of the molecule is c1cc2c(cc1-c1cc3c(cn1)C1CC4CC(C1)CC3C4)C1CC3CC(CC2C3)C1. The minimum absolute atomic E-state index is 0.802. The van der Waals surface area contributed by atoms with Crippen molar-refractivity contribution in [1.82, 2.24) is 4.98 Å². The first kappa shape index (κ1) is 17.0. The van der Waals surface area contributed by atoms with E-state index >= 15 is 0 Å². The Morgan fingerprint density at radius 1 is 0.500 bits per heavy atom. The number of hydrogen-bond acceptors (Lipinski definition) is 1. The smallest absolute Gasteiger partial charge is 0.0705 e.